The second-order valence-corrected chi connectivity index (χ2v) is 11.0. The molecular formula is C29H27ClFN7O. The van der Waals surface area contributed by atoms with Crippen LogP contribution in [0.2, 0.25) is 5.02 Å². The van der Waals surface area contributed by atoms with Crippen LogP contribution in [0.15, 0.2) is 48.9 Å². The third-order valence-corrected chi connectivity index (χ3v) is 8.34. The van der Waals surface area contributed by atoms with Crippen molar-refractivity contribution < 1.29 is 9.13 Å². The molecule has 3 aromatic heterocycles. The van der Waals surface area contributed by atoms with Gasteiger partial charge in [-0.05, 0) is 42.6 Å². The average molecular weight is 544 g/mol. The number of piperidine rings is 1. The molecule has 2 fully saturated rings. The number of nitrogens with zero attached hydrogens (tertiary/aromatic N) is 7. The minimum absolute atomic E-state index is 0.143. The molecule has 2 unspecified atom stereocenters. The Kier molecular flexibility index (Phi) is 6.03. The number of fused-ring (bicyclic) bond motifs is 4. The molecule has 2 atom stereocenters. The Bertz CT molecular complexity index is 1690. The number of rotatable bonds is 6. The van der Waals surface area contributed by atoms with Gasteiger partial charge in [-0.25, -0.2) is 4.39 Å². The normalized spacial score (nSPS) is 18.8. The SMILES string of the molecule is Cn1cnnc1CCOc1nc(N2CC3CCC(C3)C2)c2cnc(-c3cccc4cccc(Cl)c34)c(F)c2n1. The van der Waals surface area contributed by atoms with Crippen molar-refractivity contribution >= 4 is 39.1 Å². The van der Waals surface area contributed by atoms with Gasteiger partial charge in [0.1, 0.15) is 29.2 Å². The highest BCUT2D eigenvalue weighted by atomic mass is 35.5. The van der Waals surface area contributed by atoms with Crippen LogP contribution in [0.25, 0.3) is 32.9 Å². The Hall–Kier alpha value is -3.85. The summed E-state index contributed by atoms with van der Waals surface area (Å²) in [6, 6.07) is 11.5. The number of hydrogen-bond acceptors (Lipinski definition) is 7. The molecule has 7 rings (SSSR count). The van der Waals surface area contributed by atoms with Gasteiger partial charge in [0.2, 0.25) is 0 Å². The molecule has 1 saturated heterocycles. The summed E-state index contributed by atoms with van der Waals surface area (Å²) in [5.41, 5.74) is 1.02. The topological polar surface area (TPSA) is 81.9 Å². The quantitative estimate of drug-likeness (QED) is 0.275. The summed E-state index contributed by atoms with van der Waals surface area (Å²) in [6.45, 7) is 2.08. The number of halogens is 2. The van der Waals surface area contributed by atoms with Crippen LogP contribution in [-0.4, -0.2) is 49.4 Å². The van der Waals surface area contributed by atoms with Gasteiger partial charge in [0, 0.05) is 48.7 Å². The van der Waals surface area contributed by atoms with Crippen molar-refractivity contribution in [1.82, 2.24) is 29.7 Å². The second kappa shape index (κ2) is 9.72. The van der Waals surface area contributed by atoms with E-state index >= 15 is 4.39 Å². The molecule has 0 amide bonds. The molecule has 2 aliphatic rings. The molecule has 0 spiro atoms. The van der Waals surface area contributed by atoms with Crippen LogP contribution in [0, 0.1) is 17.7 Å². The molecule has 4 heterocycles. The number of hydrogen-bond donors (Lipinski definition) is 0. The maximum absolute atomic E-state index is 16.4. The van der Waals surface area contributed by atoms with Gasteiger partial charge in [-0.15, -0.1) is 10.2 Å². The lowest BCUT2D eigenvalue weighted by Crippen LogP contribution is -2.37. The standard InChI is InChI=1S/C29H27ClFN7O/c1-37-16-33-36-23(37)10-11-39-29-34-27-21(28(35-29)38-14-17-8-9-18(12-17)15-38)13-32-26(25(27)31)20-6-2-4-19-5-3-7-22(30)24(19)20/h2-7,13,16-18H,8-12,14-15H2,1H3. The lowest BCUT2D eigenvalue weighted by atomic mass is 9.98. The number of benzene rings is 2. The number of pyridine rings is 1. The van der Waals surface area contributed by atoms with E-state index < -0.39 is 5.82 Å². The van der Waals surface area contributed by atoms with E-state index in [4.69, 9.17) is 21.3 Å². The van der Waals surface area contributed by atoms with E-state index in [1.54, 1.807) is 18.6 Å². The highest BCUT2D eigenvalue weighted by molar-refractivity contribution is 6.36. The van der Waals surface area contributed by atoms with E-state index in [2.05, 4.69) is 25.1 Å². The van der Waals surface area contributed by atoms with Crippen LogP contribution < -0.4 is 9.64 Å². The predicted octanol–water partition coefficient (Wildman–Crippen LogP) is 5.62. The van der Waals surface area contributed by atoms with E-state index in [0.29, 0.717) is 46.7 Å². The van der Waals surface area contributed by atoms with Gasteiger partial charge in [0.15, 0.2) is 5.82 Å². The van der Waals surface area contributed by atoms with Crippen LogP contribution in [0.5, 0.6) is 6.01 Å². The van der Waals surface area contributed by atoms with Crippen molar-refractivity contribution in [3.05, 3.63) is 65.6 Å². The Balaban J connectivity index is 1.33. The zero-order valence-electron chi connectivity index (χ0n) is 21.5. The third kappa shape index (κ3) is 4.34. The van der Waals surface area contributed by atoms with Crippen LogP contribution in [0.4, 0.5) is 10.2 Å². The molecule has 0 radical (unpaired) electrons. The van der Waals surface area contributed by atoms with Crippen molar-refractivity contribution in [3.63, 3.8) is 0 Å². The van der Waals surface area contributed by atoms with Crippen molar-refractivity contribution in [2.45, 2.75) is 25.7 Å². The van der Waals surface area contributed by atoms with Gasteiger partial charge < -0.3 is 14.2 Å². The first kappa shape index (κ1) is 24.2. The highest BCUT2D eigenvalue weighted by Crippen LogP contribution is 2.41. The third-order valence-electron chi connectivity index (χ3n) is 8.02. The van der Waals surface area contributed by atoms with E-state index in [1.165, 1.54) is 19.3 Å². The predicted molar refractivity (Wildman–Crippen MR) is 148 cm³/mol. The van der Waals surface area contributed by atoms with Crippen molar-refractivity contribution in [3.8, 4) is 17.3 Å². The first-order chi connectivity index (χ1) is 19.0. The average Bonchev–Trinajstić information content (AvgIpc) is 3.51. The molecular weight excluding hydrogens is 517 g/mol. The van der Waals surface area contributed by atoms with E-state index in [9.17, 15) is 0 Å². The largest absolute Gasteiger partial charge is 0.463 e. The highest BCUT2D eigenvalue weighted by Gasteiger charge is 2.34. The molecule has 2 bridgehead atoms. The summed E-state index contributed by atoms with van der Waals surface area (Å²) in [5, 5.41) is 10.8. The zero-order chi connectivity index (χ0) is 26.5. The Morgan fingerprint density at radius 1 is 1.08 bits per heavy atom. The zero-order valence-corrected chi connectivity index (χ0v) is 22.3. The molecule has 5 aromatic rings. The van der Waals surface area contributed by atoms with E-state index in [1.807, 2.05) is 41.9 Å². The minimum Gasteiger partial charge on any atom is -0.463 e. The second-order valence-electron chi connectivity index (χ2n) is 10.6. The Labute approximate surface area is 229 Å². The number of anilines is 1. The molecule has 8 nitrogen and oxygen atoms in total. The van der Waals surface area contributed by atoms with Crippen molar-refractivity contribution in [2.75, 3.05) is 24.6 Å². The summed E-state index contributed by atoms with van der Waals surface area (Å²) in [5.74, 6) is 2.21. The number of aromatic nitrogens is 6. The maximum Gasteiger partial charge on any atom is 0.319 e. The fourth-order valence-electron chi connectivity index (χ4n) is 6.16. The Morgan fingerprint density at radius 2 is 1.87 bits per heavy atom. The smallest absolute Gasteiger partial charge is 0.319 e. The fraction of sp³-hybridized carbons (Fsp3) is 0.345. The summed E-state index contributed by atoms with van der Waals surface area (Å²) < 4.78 is 24.2. The molecule has 0 N–H and O–H groups in total. The van der Waals surface area contributed by atoms with Crippen LogP contribution >= 0.6 is 11.6 Å². The van der Waals surface area contributed by atoms with Crippen molar-refractivity contribution in [2.24, 2.45) is 18.9 Å². The molecule has 198 valence electrons. The van der Waals surface area contributed by atoms with Gasteiger partial charge in [0.25, 0.3) is 0 Å². The van der Waals surface area contributed by atoms with Gasteiger partial charge in [-0.3, -0.25) is 4.98 Å². The number of ether oxygens (including phenoxy) is 1. The monoisotopic (exact) mass is 543 g/mol. The molecule has 2 aromatic carbocycles. The Morgan fingerprint density at radius 3 is 2.64 bits per heavy atom. The van der Waals surface area contributed by atoms with Crippen molar-refractivity contribution in [1.29, 1.82) is 0 Å². The summed E-state index contributed by atoms with van der Waals surface area (Å²) >= 11 is 6.56. The van der Waals surface area contributed by atoms with Crippen LogP contribution in [0.1, 0.15) is 25.1 Å². The molecule has 10 heteroatoms. The number of aryl methyl sites for hydroxylation is 1. The first-order valence-corrected chi connectivity index (χ1v) is 13.7. The van der Waals surface area contributed by atoms with Gasteiger partial charge in [-0.2, -0.15) is 9.97 Å². The van der Waals surface area contributed by atoms with E-state index in [-0.39, 0.29) is 17.2 Å². The lowest BCUT2D eigenvalue weighted by Gasteiger charge is -2.33. The van der Waals surface area contributed by atoms with Gasteiger partial charge in [-0.1, -0.05) is 41.9 Å². The molecule has 1 aliphatic heterocycles. The molecule has 39 heavy (non-hydrogen) atoms. The van der Waals surface area contributed by atoms with Crippen LogP contribution in [-0.2, 0) is 13.5 Å². The summed E-state index contributed by atoms with van der Waals surface area (Å²) in [4.78, 5) is 16.2. The summed E-state index contributed by atoms with van der Waals surface area (Å²) in [7, 11) is 1.88. The minimum atomic E-state index is -0.512. The summed E-state index contributed by atoms with van der Waals surface area (Å²) in [6.07, 6.45) is 7.57. The lowest BCUT2D eigenvalue weighted by molar-refractivity contribution is 0.293. The maximum atomic E-state index is 16.4. The van der Waals surface area contributed by atoms with Crippen LogP contribution in [0.3, 0.4) is 0 Å². The molecule has 1 saturated carbocycles. The first-order valence-electron chi connectivity index (χ1n) is 13.3. The molecule has 1 aliphatic carbocycles. The fourth-order valence-corrected chi connectivity index (χ4v) is 6.44. The van der Waals surface area contributed by atoms with Gasteiger partial charge >= 0.3 is 6.01 Å². The van der Waals surface area contributed by atoms with E-state index in [0.717, 1.165) is 29.7 Å². The van der Waals surface area contributed by atoms with Gasteiger partial charge in [0.05, 0.1) is 12.0 Å².